The molecule has 5 nitrogen and oxygen atoms in total. The van der Waals surface area contributed by atoms with Gasteiger partial charge in [-0.2, -0.15) is 0 Å². The van der Waals surface area contributed by atoms with E-state index in [1.54, 1.807) is 11.1 Å². The Morgan fingerprint density at radius 1 is 1.53 bits per heavy atom. The van der Waals surface area contributed by atoms with Crippen LogP contribution in [0.5, 0.6) is 0 Å². The molecule has 0 aliphatic carbocycles. The van der Waals surface area contributed by atoms with E-state index in [-0.39, 0.29) is 17.7 Å². The summed E-state index contributed by atoms with van der Waals surface area (Å²) in [5.74, 6) is 0.0718. The third-order valence-corrected chi connectivity index (χ3v) is 3.42. The molecule has 5 heteroatoms. The van der Waals surface area contributed by atoms with Crippen LogP contribution in [0.15, 0.2) is 24.4 Å². The largest absolute Gasteiger partial charge is 0.355 e. The zero-order valence-electron chi connectivity index (χ0n) is 11.1. The van der Waals surface area contributed by atoms with Crippen LogP contribution >= 0.6 is 0 Å². The highest BCUT2D eigenvalue weighted by molar-refractivity contribution is 5.83. The van der Waals surface area contributed by atoms with E-state index >= 15 is 0 Å². The van der Waals surface area contributed by atoms with Crippen LogP contribution in [0.3, 0.4) is 0 Å². The van der Waals surface area contributed by atoms with Crippen molar-refractivity contribution in [3.8, 4) is 0 Å². The molecule has 0 saturated carbocycles. The van der Waals surface area contributed by atoms with Gasteiger partial charge in [0.15, 0.2) is 0 Å². The maximum atomic E-state index is 12.2. The second-order valence-electron chi connectivity index (χ2n) is 4.87. The van der Waals surface area contributed by atoms with Gasteiger partial charge in [0.05, 0.1) is 5.92 Å². The fourth-order valence-corrected chi connectivity index (χ4v) is 2.19. The minimum absolute atomic E-state index is 0.0418. The van der Waals surface area contributed by atoms with E-state index in [1.807, 2.05) is 25.2 Å². The van der Waals surface area contributed by atoms with E-state index in [4.69, 9.17) is 0 Å². The van der Waals surface area contributed by atoms with Crippen molar-refractivity contribution in [3.05, 3.63) is 30.1 Å². The number of nitrogens with zero attached hydrogens (tertiary/aromatic N) is 2. The number of hydrogen-bond acceptors (Lipinski definition) is 3. The van der Waals surface area contributed by atoms with E-state index in [0.29, 0.717) is 25.9 Å². The predicted octanol–water partition coefficient (Wildman–Crippen LogP) is 0.609. The van der Waals surface area contributed by atoms with Crippen molar-refractivity contribution in [2.24, 2.45) is 5.92 Å². The minimum atomic E-state index is -0.0774. The number of piperidine rings is 1. The van der Waals surface area contributed by atoms with Crippen molar-refractivity contribution >= 4 is 11.8 Å². The SMILES string of the molecule is CN(CCc1ccccn1)C(=O)C1CCC(=O)NC1. The number of pyridine rings is 1. The van der Waals surface area contributed by atoms with Crippen LogP contribution in [0.4, 0.5) is 0 Å². The number of carbonyl (C=O) groups excluding carboxylic acids is 2. The number of likely N-dealkylation sites (N-methyl/N-ethyl adjacent to an activating group) is 1. The molecule has 2 heterocycles. The van der Waals surface area contributed by atoms with Gasteiger partial charge in [-0.3, -0.25) is 14.6 Å². The average molecular weight is 261 g/mol. The summed E-state index contributed by atoms with van der Waals surface area (Å²) in [5, 5.41) is 2.74. The Bertz CT molecular complexity index is 437. The molecule has 1 aromatic heterocycles. The molecule has 2 rings (SSSR count). The molecule has 1 atom stereocenters. The summed E-state index contributed by atoms with van der Waals surface area (Å²) in [7, 11) is 1.81. The first-order valence-corrected chi connectivity index (χ1v) is 6.58. The fourth-order valence-electron chi connectivity index (χ4n) is 2.19. The van der Waals surface area contributed by atoms with Crippen LogP contribution in [0.1, 0.15) is 18.5 Å². The van der Waals surface area contributed by atoms with Crippen LogP contribution in [0, 0.1) is 5.92 Å². The van der Waals surface area contributed by atoms with Gasteiger partial charge in [0, 0.05) is 44.9 Å². The number of hydrogen-bond donors (Lipinski definition) is 1. The van der Waals surface area contributed by atoms with Crippen molar-refractivity contribution < 1.29 is 9.59 Å². The van der Waals surface area contributed by atoms with E-state index in [2.05, 4.69) is 10.3 Å². The lowest BCUT2D eigenvalue weighted by molar-refractivity contribution is -0.136. The predicted molar refractivity (Wildman–Crippen MR) is 71.3 cm³/mol. The lowest BCUT2D eigenvalue weighted by Gasteiger charge is -2.26. The Morgan fingerprint density at radius 3 is 3.00 bits per heavy atom. The number of nitrogens with one attached hydrogen (secondary N) is 1. The lowest BCUT2D eigenvalue weighted by atomic mass is 9.98. The highest BCUT2D eigenvalue weighted by Gasteiger charge is 2.26. The van der Waals surface area contributed by atoms with Crippen LogP contribution in [-0.2, 0) is 16.0 Å². The summed E-state index contributed by atoms with van der Waals surface area (Å²) in [6, 6.07) is 5.78. The Morgan fingerprint density at radius 2 is 2.37 bits per heavy atom. The summed E-state index contributed by atoms with van der Waals surface area (Å²) < 4.78 is 0. The molecule has 1 unspecified atom stereocenters. The first kappa shape index (κ1) is 13.5. The summed E-state index contributed by atoms with van der Waals surface area (Å²) in [5.41, 5.74) is 0.985. The van der Waals surface area contributed by atoms with Gasteiger partial charge >= 0.3 is 0 Å². The van der Waals surface area contributed by atoms with Crippen LogP contribution in [0.2, 0.25) is 0 Å². The van der Waals surface area contributed by atoms with Crippen molar-refractivity contribution in [2.75, 3.05) is 20.1 Å². The molecule has 0 bridgehead atoms. The highest BCUT2D eigenvalue weighted by atomic mass is 16.2. The molecule has 1 saturated heterocycles. The number of amides is 2. The second kappa shape index (κ2) is 6.31. The average Bonchev–Trinajstić information content (AvgIpc) is 2.46. The second-order valence-corrected chi connectivity index (χ2v) is 4.87. The molecule has 0 aromatic carbocycles. The molecule has 1 N–H and O–H groups in total. The fraction of sp³-hybridized carbons (Fsp3) is 0.500. The number of aromatic nitrogens is 1. The molecule has 0 spiro atoms. The van der Waals surface area contributed by atoms with Gasteiger partial charge in [-0.25, -0.2) is 0 Å². The van der Waals surface area contributed by atoms with Crippen LogP contribution in [-0.4, -0.2) is 41.8 Å². The Hall–Kier alpha value is -1.91. The van der Waals surface area contributed by atoms with Crippen molar-refractivity contribution in [2.45, 2.75) is 19.3 Å². The Balaban J connectivity index is 1.81. The van der Waals surface area contributed by atoms with Gasteiger partial charge in [-0.1, -0.05) is 6.07 Å². The Kier molecular flexibility index (Phi) is 4.49. The molecule has 19 heavy (non-hydrogen) atoms. The number of carbonyl (C=O) groups is 2. The summed E-state index contributed by atoms with van der Waals surface area (Å²) >= 11 is 0. The Labute approximate surface area is 113 Å². The van der Waals surface area contributed by atoms with Crippen molar-refractivity contribution in [1.29, 1.82) is 0 Å². The lowest BCUT2D eigenvalue weighted by Crippen LogP contribution is -2.44. The molecule has 1 aliphatic heterocycles. The smallest absolute Gasteiger partial charge is 0.227 e. The van der Waals surface area contributed by atoms with Gasteiger partial charge in [-0.15, -0.1) is 0 Å². The van der Waals surface area contributed by atoms with Gasteiger partial charge in [0.25, 0.3) is 0 Å². The first-order valence-electron chi connectivity index (χ1n) is 6.58. The topological polar surface area (TPSA) is 62.3 Å². The molecule has 1 aromatic rings. The maximum Gasteiger partial charge on any atom is 0.227 e. The quantitative estimate of drug-likeness (QED) is 0.863. The zero-order valence-corrected chi connectivity index (χ0v) is 11.1. The molecular weight excluding hydrogens is 242 g/mol. The third kappa shape index (κ3) is 3.77. The van der Waals surface area contributed by atoms with Gasteiger partial charge < -0.3 is 10.2 Å². The minimum Gasteiger partial charge on any atom is -0.355 e. The van der Waals surface area contributed by atoms with E-state index in [0.717, 1.165) is 12.1 Å². The van der Waals surface area contributed by atoms with Crippen LogP contribution < -0.4 is 5.32 Å². The summed E-state index contributed by atoms with van der Waals surface area (Å²) in [4.78, 5) is 29.2. The van der Waals surface area contributed by atoms with E-state index < -0.39 is 0 Å². The highest BCUT2D eigenvalue weighted by Crippen LogP contribution is 2.13. The standard InChI is InChI=1S/C14H19N3O2/c1-17(9-7-12-4-2-3-8-15-12)14(19)11-5-6-13(18)16-10-11/h2-4,8,11H,5-7,9-10H2,1H3,(H,16,18). The molecule has 1 aliphatic rings. The molecular formula is C14H19N3O2. The maximum absolute atomic E-state index is 12.2. The molecule has 2 amide bonds. The zero-order chi connectivity index (χ0) is 13.7. The monoisotopic (exact) mass is 261 g/mol. The van der Waals surface area contributed by atoms with Gasteiger partial charge in [0.1, 0.15) is 0 Å². The van der Waals surface area contributed by atoms with Crippen LogP contribution in [0.25, 0.3) is 0 Å². The van der Waals surface area contributed by atoms with E-state index in [9.17, 15) is 9.59 Å². The molecule has 102 valence electrons. The third-order valence-electron chi connectivity index (χ3n) is 3.42. The van der Waals surface area contributed by atoms with E-state index in [1.165, 1.54) is 0 Å². The number of rotatable bonds is 4. The first-order chi connectivity index (χ1) is 9.16. The molecule has 0 radical (unpaired) electrons. The summed E-state index contributed by atoms with van der Waals surface area (Å²) in [6.45, 7) is 1.12. The van der Waals surface area contributed by atoms with Gasteiger partial charge in [0.2, 0.25) is 11.8 Å². The van der Waals surface area contributed by atoms with Crippen molar-refractivity contribution in [1.82, 2.24) is 15.2 Å². The van der Waals surface area contributed by atoms with Gasteiger partial charge in [-0.05, 0) is 18.6 Å². The summed E-state index contributed by atoms with van der Waals surface area (Å²) in [6.07, 6.45) is 3.61. The van der Waals surface area contributed by atoms with Crippen molar-refractivity contribution in [3.63, 3.8) is 0 Å². The molecule has 1 fully saturated rings. The normalized spacial score (nSPS) is 18.8.